The van der Waals surface area contributed by atoms with Gasteiger partial charge in [0.25, 0.3) is 0 Å². The normalized spacial score (nSPS) is 11.4. The average molecular weight is 137 g/mol. The molecule has 0 aromatic rings. The quantitative estimate of drug-likeness (QED) is 0.458. The zero-order valence-electron chi connectivity index (χ0n) is 6.78. The molecule has 0 aromatic carbocycles. The molecule has 0 radical (unpaired) electrons. The Labute approximate surface area is 63.5 Å². The first-order valence-corrected chi connectivity index (χ1v) is 3.55. The van der Waals surface area contributed by atoms with Crippen molar-refractivity contribution in [1.82, 2.24) is 5.32 Å². The van der Waals surface area contributed by atoms with Crippen molar-refractivity contribution in [1.29, 1.82) is 0 Å². The Morgan fingerprint density at radius 3 is 2.90 bits per heavy atom. The Morgan fingerprint density at radius 1 is 1.70 bits per heavy atom. The SMILES string of the molecule is C=CCC(C)NCC#CC. The monoisotopic (exact) mass is 137 g/mol. The van der Waals surface area contributed by atoms with Gasteiger partial charge in [-0.05, 0) is 20.3 Å². The third-order valence-corrected chi connectivity index (χ3v) is 1.24. The molecule has 1 unspecified atom stereocenters. The summed E-state index contributed by atoms with van der Waals surface area (Å²) in [7, 11) is 0. The minimum atomic E-state index is 0.498. The van der Waals surface area contributed by atoms with Crippen LogP contribution in [0.15, 0.2) is 12.7 Å². The van der Waals surface area contributed by atoms with Crippen LogP contribution >= 0.6 is 0 Å². The summed E-state index contributed by atoms with van der Waals surface area (Å²) in [6.07, 6.45) is 2.92. The second kappa shape index (κ2) is 6.38. The highest BCUT2D eigenvalue weighted by Crippen LogP contribution is 1.88. The van der Waals surface area contributed by atoms with Crippen LogP contribution in [0.5, 0.6) is 0 Å². The van der Waals surface area contributed by atoms with Crippen LogP contribution in [0.3, 0.4) is 0 Å². The van der Waals surface area contributed by atoms with Crippen molar-refractivity contribution < 1.29 is 0 Å². The molecular weight excluding hydrogens is 122 g/mol. The summed E-state index contributed by atoms with van der Waals surface area (Å²) in [6, 6.07) is 0.498. The molecule has 1 heteroatoms. The molecule has 0 rings (SSSR count). The Balaban J connectivity index is 3.26. The predicted molar refractivity (Wildman–Crippen MR) is 45.7 cm³/mol. The molecule has 0 aliphatic carbocycles. The van der Waals surface area contributed by atoms with Crippen LogP contribution in [0.4, 0.5) is 0 Å². The fraction of sp³-hybridized carbons (Fsp3) is 0.556. The zero-order valence-corrected chi connectivity index (χ0v) is 6.78. The smallest absolute Gasteiger partial charge is 0.0578 e. The number of nitrogens with one attached hydrogen (secondary N) is 1. The van der Waals surface area contributed by atoms with E-state index in [1.807, 2.05) is 13.0 Å². The van der Waals surface area contributed by atoms with Gasteiger partial charge >= 0.3 is 0 Å². The average Bonchev–Trinajstić information content (AvgIpc) is 1.89. The standard InChI is InChI=1S/C9H15N/c1-4-6-8-10-9(3)7-5-2/h5,9-10H,2,7-8H2,1,3H3. The van der Waals surface area contributed by atoms with Gasteiger partial charge < -0.3 is 5.32 Å². The summed E-state index contributed by atoms with van der Waals surface area (Å²) in [5.41, 5.74) is 0. The van der Waals surface area contributed by atoms with E-state index in [0.29, 0.717) is 6.04 Å². The molecule has 0 saturated carbocycles. The van der Waals surface area contributed by atoms with Crippen molar-refractivity contribution in [2.24, 2.45) is 0 Å². The van der Waals surface area contributed by atoms with E-state index in [1.165, 1.54) is 0 Å². The van der Waals surface area contributed by atoms with E-state index in [9.17, 15) is 0 Å². The van der Waals surface area contributed by atoms with E-state index in [-0.39, 0.29) is 0 Å². The molecule has 1 atom stereocenters. The Bertz CT molecular complexity index is 139. The third-order valence-electron chi connectivity index (χ3n) is 1.24. The summed E-state index contributed by atoms with van der Waals surface area (Å²) < 4.78 is 0. The van der Waals surface area contributed by atoms with Gasteiger partial charge in [-0.2, -0.15) is 0 Å². The number of hydrogen-bond donors (Lipinski definition) is 1. The molecule has 0 aliphatic heterocycles. The minimum Gasteiger partial charge on any atom is -0.303 e. The van der Waals surface area contributed by atoms with Crippen LogP contribution in [0.2, 0.25) is 0 Å². The molecule has 0 bridgehead atoms. The molecule has 1 nitrogen and oxygen atoms in total. The molecule has 0 saturated heterocycles. The van der Waals surface area contributed by atoms with E-state index in [0.717, 1.165) is 13.0 Å². The van der Waals surface area contributed by atoms with Crippen molar-refractivity contribution in [3.8, 4) is 11.8 Å². The highest BCUT2D eigenvalue weighted by Gasteiger charge is 1.93. The Morgan fingerprint density at radius 2 is 2.40 bits per heavy atom. The van der Waals surface area contributed by atoms with Gasteiger partial charge in [-0.3, -0.25) is 0 Å². The van der Waals surface area contributed by atoms with Crippen LogP contribution in [0.25, 0.3) is 0 Å². The lowest BCUT2D eigenvalue weighted by Crippen LogP contribution is -2.25. The first kappa shape index (κ1) is 9.26. The van der Waals surface area contributed by atoms with Gasteiger partial charge in [0, 0.05) is 6.04 Å². The van der Waals surface area contributed by atoms with Gasteiger partial charge in [0.15, 0.2) is 0 Å². The summed E-state index contributed by atoms with van der Waals surface area (Å²) in [6.45, 7) is 8.41. The van der Waals surface area contributed by atoms with Gasteiger partial charge in [-0.1, -0.05) is 12.0 Å². The Kier molecular flexibility index (Phi) is 5.91. The summed E-state index contributed by atoms with van der Waals surface area (Å²) in [5, 5.41) is 3.24. The topological polar surface area (TPSA) is 12.0 Å². The van der Waals surface area contributed by atoms with E-state index >= 15 is 0 Å². The summed E-state index contributed by atoms with van der Waals surface area (Å²) >= 11 is 0. The van der Waals surface area contributed by atoms with Gasteiger partial charge in [-0.25, -0.2) is 0 Å². The molecule has 0 spiro atoms. The molecule has 0 amide bonds. The second-order valence-corrected chi connectivity index (χ2v) is 2.23. The van der Waals surface area contributed by atoms with Crippen molar-refractivity contribution in [3.63, 3.8) is 0 Å². The fourth-order valence-corrected chi connectivity index (χ4v) is 0.647. The van der Waals surface area contributed by atoms with Crippen LogP contribution in [-0.2, 0) is 0 Å². The van der Waals surface area contributed by atoms with Gasteiger partial charge in [0.2, 0.25) is 0 Å². The highest BCUT2D eigenvalue weighted by molar-refractivity contribution is 4.97. The highest BCUT2D eigenvalue weighted by atomic mass is 14.9. The van der Waals surface area contributed by atoms with E-state index in [1.54, 1.807) is 0 Å². The first-order chi connectivity index (χ1) is 4.81. The largest absolute Gasteiger partial charge is 0.303 e. The van der Waals surface area contributed by atoms with Gasteiger partial charge in [-0.15, -0.1) is 12.5 Å². The van der Waals surface area contributed by atoms with Crippen LogP contribution in [-0.4, -0.2) is 12.6 Å². The van der Waals surface area contributed by atoms with Crippen molar-refractivity contribution in [3.05, 3.63) is 12.7 Å². The third kappa shape index (κ3) is 5.40. The lowest BCUT2D eigenvalue weighted by atomic mass is 10.2. The summed E-state index contributed by atoms with van der Waals surface area (Å²) in [4.78, 5) is 0. The molecule has 0 aromatic heterocycles. The van der Waals surface area contributed by atoms with E-state index in [2.05, 4.69) is 30.7 Å². The first-order valence-electron chi connectivity index (χ1n) is 3.55. The number of rotatable bonds is 4. The maximum absolute atomic E-state index is 3.65. The zero-order chi connectivity index (χ0) is 7.82. The summed E-state index contributed by atoms with van der Waals surface area (Å²) in [5.74, 6) is 5.77. The molecule has 1 N–H and O–H groups in total. The molecule has 10 heavy (non-hydrogen) atoms. The van der Waals surface area contributed by atoms with E-state index < -0.39 is 0 Å². The lowest BCUT2D eigenvalue weighted by molar-refractivity contribution is 0.595. The predicted octanol–water partition coefficient (Wildman–Crippen LogP) is 1.56. The molecule has 0 aliphatic rings. The van der Waals surface area contributed by atoms with Crippen molar-refractivity contribution >= 4 is 0 Å². The fourth-order valence-electron chi connectivity index (χ4n) is 0.647. The van der Waals surface area contributed by atoms with Crippen molar-refractivity contribution in [2.45, 2.75) is 26.3 Å². The van der Waals surface area contributed by atoms with Gasteiger partial charge in [0.1, 0.15) is 0 Å². The molecular formula is C9H15N. The van der Waals surface area contributed by atoms with Crippen molar-refractivity contribution in [2.75, 3.05) is 6.54 Å². The molecule has 56 valence electrons. The number of hydrogen-bond acceptors (Lipinski definition) is 1. The minimum absolute atomic E-state index is 0.498. The maximum Gasteiger partial charge on any atom is 0.0578 e. The van der Waals surface area contributed by atoms with Crippen LogP contribution in [0, 0.1) is 11.8 Å². The Hall–Kier alpha value is -0.740. The van der Waals surface area contributed by atoms with Gasteiger partial charge in [0.05, 0.1) is 6.54 Å². The molecule has 0 heterocycles. The second-order valence-electron chi connectivity index (χ2n) is 2.23. The van der Waals surface area contributed by atoms with E-state index in [4.69, 9.17) is 0 Å². The van der Waals surface area contributed by atoms with Crippen LogP contribution in [0.1, 0.15) is 20.3 Å². The molecule has 0 fully saturated rings. The maximum atomic E-state index is 3.65. The van der Waals surface area contributed by atoms with Crippen LogP contribution < -0.4 is 5.32 Å². The lowest BCUT2D eigenvalue weighted by Gasteiger charge is -2.06.